The second-order valence-corrected chi connectivity index (χ2v) is 6.55. The molecule has 2 aromatic rings. The highest BCUT2D eigenvalue weighted by Crippen LogP contribution is 2.14. The maximum Gasteiger partial charge on any atom is 0.240 e. The summed E-state index contributed by atoms with van der Waals surface area (Å²) in [4.78, 5) is 0.311. The Hall–Kier alpha value is -1.66. The van der Waals surface area contributed by atoms with Gasteiger partial charge in [0, 0.05) is 12.1 Å². The summed E-state index contributed by atoms with van der Waals surface area (Å²) in [6, 6.07) is 5.14. The van der Waals surface area contributed by atoms with E-state index < -0.39 is 10.0 Å². The molecule has 2 rings (SSSR count). The van der Waals surface area contributed by atoms with Gasteiger partial charge in [0.2, 0.25) is 10.0 Å². The van der Waals surface area contributed by atoms with Gasteiger partial charge in [-0.25, -0.2) is 13.1 Å². The maximum atomic E-state index is 12.1. The summed E-state index contributed by atoms with van der Waals surface area (Å²) in [5.74, 6) is 0. The Morgan fingerprint density at radius 1 is 1.25 bits per heavy atom. The first-order chi connectivity index (χ1) is 9.49. The van der Waals surface area contributed by atoms with Crippen molar-refractivity contribution in [2.45, 2.75) is 31.6 Å². The molecule has 0 unspecified atom stereocenters. The lowest BCUT2D eigenvalue weighted by atomic mass is 10.1. The molecule has 0 spiro atoms. The first-order valence-corrected chi connectivity index (χ1v) is 7.92. The normalized spacial score (nSPS) is 11.7. The van der Waals surface area contributed by atoms with Gasteiger partial charge in [0.05, 0.1) is 11.1 Å². The minimum Gasteiger partial charge on any atom is -0.364 e. The van der Waals surface area contributed by atoms with Crippen molar-refractivity contribution in [3.05, 3.63) is 47.3 Å². The summed E-state index contributed by atoms with van der Waals surface area (Å²) < 4.78 is 31.6. The topological polar surface area (TPSA) is 72.2 Å². The van der Waals surface area contributed by atoms with E-state index in [-0.39, 0.29) is 0 Å². The number of aryl methyl sites for hydroxylation is 3. The van der Waals surface area contributed by atoms with E-state index in [0.29, 0.717) is 17.9 Å². The van der Waals surface area contributed by atoms with E-state index in [1.807, 2.05) is 19.9 Å². The minimum absolute atomic E-state index is 0.311. The highest BCUT2D eigenvalue weighted by molar-refractivity contribution is 7.89. The first kappa shape index (κ1) is 14.7. The number of aromatic nitrogens is 1. The van der Waals surface area contributed by atoms with Gasteiger partial charge in [-0.2, -0.15) is 0 Å². The van der Waals surface area contributed by atoms with Crippen molar-refractivity contribution in [1.82, 2.24) is 9.88 Å². The van der Waals surface area contributed by atoms with Gasteiger partial charge < -0.3 is 4.52 Å². The second-order valence-electron chi connectivity index (χ2n) is 4.78. The van der Waals surface area contributed by atoms with Crippen molar-refractivity contribution in [2.75, 3.05) is 6.54 Å². The SMILES string of the molecule is Cc1ccc(S(=O)(=O)NCCCc2cnoc2)cc1C. The third-order valence-electron chi connectivity index (χ3n) is 3.21. The molecule has 1 aromatic heterocycles. The Morgan fingerprint density at radius 3 is 2.70 bits per heavy atom. The van der Waals surface area contributed by atoms with Crippen LogP contribution in [0.3, 0.4) is 0 Å². The van der Waals surface area contributed by atoms with Crippen LogP contribution in [-0.4, -0.2) is 20.1 Å². The number of rotatable bonds is 6. The molecule has 5 nitrogen and oxygen atoms in total. The molecule has 0 aliphatic rings. The van der Waals surface area contributed by atoms with Crippen LogP contribution in [0.25, 0.3) is 0 Å². The van der Waals surface area contributed by atoms with Crippen LogP contribution in [0.15, 0.2) is 40.1 Å². The van der Waals surface area contributed by atoms with Crippen LogP contribution in [0.2, 0.25) is 0 Å². The van der Waals surface area contributed by atoms with Gasteiger partial charge in [-0.3, -0.25) is 0 Å². The summed E-state index contributed by atoms with van der Waals surface area (Å²) in [5.41, 5.74) is 3.02. The molecule has 20 heavy (non-hydrogen) atoms. The van der Waals surface area contributed by atoms with Gasteiger partial charge in [-0.05, 0) is 49.9 Å². The molecular formula is C14H18N2O3S. The van der Waals surface area contributed by atoms with E-state index in [1.54, 1.807) is 24.6 Å². The number of sulfonamides is 1. The van der Waals surface area contributed by atoms with Crippen LogP contribution in [-0.2, 0) is 16.4 Å². The van der Waals surface area contributed by atoms with Gasteiger partial charge in [0.1, 0.15) is 6.26 Å². The summed E-state index contributed by atoms with van der Waals surface area (Å²) in [7, 11) is -3.43. The predicted molar refractivity (Wildman–Crippen MR) is 75.9 cm³/mol. The van der Waals surface area contributed by atoms with Crippen LogP contribution < -0.4 is 4.72 Å². The Morgan fingerprint density at radius 2 is 2.05 bits per heavy atom. The van der Waals surface area contributed by atoms with Gasteiger partial charge in [-0.1, -0.05) is 11.2 Å². The van der Waals surface area contributed by atoms with Crippen LogP contribution in [0.5, 0.6) is 0 Å². The van der Waals surface area contributed by atoms with Crippen LogP contribution in [0.4, 0.5) is 0 Å². The molecule has 0 amide bonds. The van der Waals surface area contributed by atoms with Crippen molar-refractivity contribution in [1.29, 1.82) is 0 Å². The Kier molecular flexibility index (Phi) is 4.57. The molecule has 0 saturated carbocycles. The fourth-order valence-corrected chi connectivity index (χ4v) is 2.97. The Balaban J connectivity index is 1.92. The maximum absolute atomic E-state index is 12.1. The zero-order valence-corrected chi connectivity index (χ0v) is 12.4. The second kappa shape index (κ2) is 6.19. The molecule has 0 aliphatic carbocycles. The fraction of sp³-hybridized carbons (Fsp3) is 0.357. The van der Waals surface area contributed by atoms with E-state index in [1.165, 1.54) is 0 Å². The van der Waals surface area contributed by atoms with Crippen molar-refractivity contribution in [3.63, 3.8) is 0 Å². The summed E-state index contributed by atoms with van der Waals surface area (Å²) >= 11 is 0. The quantitative estimate of drug-likeness (QED) is 0.829. The standard InChI is InChI=1S/C14H18N2O3S/c1-11-5-6-14(8-12(11)2)20(17,18)16-7-3-4-13-9-15-19-10-13/h5-6,8-10,16H,3-4,7H2,1-2H3. The smallest absolute Gasteiger partial charge is 0.240 e. The zero-order valence-electron chi connectivity index (χ0n) is 11.6. The number of hydrogen-bond acceptors (Lipinski definition) is 4. The van der Waals surface area contributed by atoms with Gasteiger partial charge in [0.25, 0.3) is 0 Å². The van der Waals surface area contributed by atoms with E-state index in [4.69, 9.17) is 4.52 Å². The third-order valence-corrected chi connectivity index (χ3v) is 4.67. The van der Waals surface area contributed by atoms with Crippen molar-refractivity contribution < 1.29 is 12.9 Å². The monoisotopic (exact) mass is 294 g/mol. The molecule has 0 aliphatic heterocycles. The highest BCUT2D eigenvalue weighted by Gasteiger charge is 2.13. The van der Waals surface area contributed by atoms with Crippen LogP contribution in [0.1, 0.15) is 23.1 Å². The zero-order chi connectivity index (χ0) is 14.6. The number of benzene rings is 1. The number of nitrogens with one attached hydrogen (secondary N) is 1. The van der Waals surface area contributed by atoms with E-state index in [2.05, 4.69) is 9.88 Å². The molecule has 1 heterocycles. The molecule has 0 atom stereocenters. The summed E-state index contributed by atoms with van der Waals surface area (Å²) in [5, 5.41) is 3.60. The fourth-order valence-electron chi connectivity index (χ4n) is 1.81. The molecule has 6 heteroatoms. The average Bonchev–Trinajstić information content (AvgIpc) is 2.91. The molecule has 0 bridgehead atoms. The van der Waals surface area contributed by atoms with Crippen molar-refractivity contribution >= 4 is 10.0 Å². The Labute approximate surface area is 119 Å². The minimum atomic E-state index is -3.43. The highest BCUT2D eigenvalue weighted by atomic mass is 32.2. The third kappa shape index (κ3) is 3.68. The van der Waals surface area contributed by atoms with Gasteiger partial charge in [0.15, 0.2) is 0 Å². The number of hydrogen-bond donors (Lipinski definition) is 1. The molecular weight excluding hydrogens is 276 g/mol. The molecule has 108 valence electrons. The molecule has 1 N–H and O–H groups in total. The van der Waals surface area contributed by atoms with Gasteiger partial charge in [-0.15, -0.1) is 0 Å². The van der Waals surface area contributed by atoms with Crippen LogP contribution in [0, 0.1) is 13.8 Å². The van der Waals surface area contributed by atoms with E-state index >= 15 is 0 Å². The largest absolute Gasteiger partial charge is 0.364 e. The number of nitrogens with zero attached hydrogens (tertiary/aromatic N) is 1. The average molecular weight is 294 g/mol. The molecule has 0 fully saturated rings. The predicted octanol–water partition coefficient (Wildman–Crippen LogP) is 2.20. The lowest BCUT2D eigenvalue weighted by Crippen LogP contribution is -2.25. The van der Waals surface area contributed by atoms with Gasteiger partial charge >= 0.3 is 0 Å². The first-order valence-electron chi connectivity index (χ1n) is 6.44. The van der Waals surface area contributed by atoms with E-state index in [9.17, 15) is 8.42 Å². The lowest BCUT2D eigenvalue weighted by Gasteiger charge is -2.08. The van der Waals surface area contributed by atoms with Crippen molar-refractivity contribution in [3.8, 4) is 0 Å². The lowest BCUT2D eigenvalue weighted by molar-refractivity contribution is 0.418. The molecule has 0 radical (unpaired) electrons. The Bertz CT molecular complexity index is 664. The summed E-state index contributed by atoms with van der Waals surface area (Å²) in [6.07, 6.45) is 4.64. The van der Waals surface area contributed by atoms with Crippen LogP contribution >= 0.6 is 0 Å². The summed E-state index contributed by atoms with van der Waals surface area (Å²) in [6.45, 7) is 4.25. The van der Waals surface area contributed by atoms with E-state index in [0.717, 1.165) is 23.1 Å². The molecule has 1 aromatic carbocycles. The molecule has 0 saturated heterocycles. The van der Waals surface area contributed by atoms with Crippen molar-refractivity contribution in [2.24, 2.45) is 0 Å².